The predicted octanol–water partition coefficient (Wildman–Crippen LogP) is 3.26. The first-order valence-electron chi connectivity index (χ1n) is 9.16. The lowest BCUT2D eigenvalue weighted by Gasteiger charge is -2.25. The lowest BCUT2D eigenvalue weighted by molar-refractivity contribution is -0.155. The molecular weight excluding hydrogens is 372 g/mol. The Hall–Kier alpha value is -3.53. The molecule has 1 amide bonds. The topological polar surface area (TPSA) is 88.9 Å². The molecule has 152 valence electrons. The summed E-state index contributed by atoms with van der Waals surface area (Å²) in [5, 5.41) is 8.87. The minimum absolute atomic E-state index is 0.164. The number of para-hydroxylation sites is 1. The van der Waals surface area contributed by atoms with E-state index in [2.05, 4.69) is 0 Å². The number of hydrogen-bond acceptors (Lipinski definition) is 6. The third-order valence-corrected chi connectivity index (χ3v) is 4.10. The fraction of sp³-hybridized carbons (Fsp3) is 0.318. The molecule has 1 unspecified atom stereocenters. The molecule has 7 heteroatoms. The van der Waals surface area contributed by atoms with Crippen molar-refractivity contribution in [2.45, 2.75) is 26.4 Å². The number of ether oxygens (including phenoxy) is 3. The van der Waals surface area contributed by atoms with Crippen molar-refractivity contribution in [1.29, 1.82) is 5.26 Å². The molecule has 29 heavy (non-hydrogen) atoms. The van der Waals surface area contributed by atoms with Crippen LogP contribution in [0.25, 0.3) is 0 Å². The van der Waals surface area contributed by atoms with E-state index in [1.54, 1.807) is 36.4 Å². The zero-order chi connectivity index (χ0) is 21.2. The number of rotatable bonds is 9. The summed E-state index contributed by atoms with van der Waals surface area (Å²) in [5.41, 5.74) is 1.63. The first-order chi connectivity index (χ1) is 14.0. The number of hydrogen-bond donors (Lipinski definition) is 0. The van der Waals surface area contributed by atoms with E-state index < -0.39 is 18.0 Å². The summed E-state index contributed by atoms with van der Waals surface area (Å²) in [4.78, 5) is 26.4. The van der Waals surface area contributed by atoms with E-state index >= 15 is 0 Å². The maximum Gasteiger partial charge on any atom is 0.344 e. The summed E-state index contributed by atoms with van der Waals surface area (Å²) in [7, 11) is 1.51. The van der Waals surface area contributed by atoms with Gasteiger partial charge < -0.3 is 19.1 Å². The molecule has 0 spiro atoms. The molecule has 0 aliphatic heterocycles. The summed E-state index contributed by atoms with van der Waals surface area (Å²) in [6.45, 7) is 3.26. The van der Waals surface area contributed by atoms with Crippen LogP contribution in [0, 0.1) is 18.3 Å². The van der Waals surface area contributed by atoms with Gasteiger partial charge in [0.1, 0.15) is 0 Å². The highest BCUT2D eigenvalue weighted by molar-refractivity contribution is 5.97. The van der Waals surface area contributed by atoms with Gasteiger partial charge in [0.15, 0.2) is 24.2 Å². The van der Waals surface area contributed by atoms with Gasteiger partial charge in [-0.15, -0.1) is 0 Å². The van der Waals surface area contributed by atoms with Crippen molar-refractivity contribution in [3.8, 4) is 17.6 Å². The summed E-state index contributed by atoms with van der Waals surface area (Å²) in [5.74, 6) is -0.169. The van der Waals surface area contributed by atoms with E-state index in [1.807, 2.05) is 25.1 Å². The van der Waals surface area contributed by atoms with Gasteiger partial charge in [-0.25, -0.2) is 4.79 Å². The molecule has 0 radical (unpaired) electrons. The van der Waals surface area contributed by atoms with Crippen molar-refractivity contribution in [3.63, 3.8) is 0 Å². The van der Waals surface area contributed by atoms with E-state index in [4.69, 9.17) is 19.5 Å². The fourth-order valence-electron chi connectivity index (χ4n) is 2.67. The second-order valence-corrected chi connectivity index (χ2v) is 6.31. The van der Waals surface area contributed by atoms with Crippen LogP contribution in [-0.2, 0) is 14.3 Å². The van der Waals surface area contributed by atoms with Crippen molar-refractivity contribution >= 4 is 17.6 Å². The molecule has 0 saturated carbocycles. The highest BCUT2D eigenvalue weighted by atomic mass is 16.6. The van der Waals surface area contributed by atoms with Gasteiger partial charge in [-0.1, -0.05) is 24.3 Å². The second-order valence-electron chi connectivity index (χ2n) is 6.31. The highest BCUT2D eigenvalue weighted by Gasteiger charge is 2.25. The number of benzene rings is 2. The maximum absolute atomic E-state index is 12.8. The Kier molecular flexibility index (Phi) is 8.04. The van der Waals surface area contributed by atoms with E-state index in [0.29, 0.717) is 17.2 Å². The Bertz CT molecular complexity index is 877. The molecule has 7 nitrogen and oxygen atoms in total. The molecule has 2 aromatic rings. The molecule has 2 aromatic carbocycles. The van der Waals surface area contributed by atoms with Crippen molar-refractivity contribution in [3.05, 3.63) is 54.1 Å². The van der Waals surface area contributed by atoms with Crippen LogP contribution in [0.5, 0.6) is 11.5 Å². The number of esters is 1. The van der Waals surface area contributed by atoms with Crippen LogP contribution in [0.3, 0.4) is 0 Å². The lowest BCUT2D eigenvalue weighted by Crippen LogP contribution is -2.41. The highest BCUT2D eigenvalue weighted by Crippen LogP contribution is 2.27. The summed E-state index contributed by atoms with van der Waals surface area (Å²) >= 11 is 0. The number of nitrogens with zero attached hydrogens (tertiary/aromatic N) is 2. The zero-order valence-electron chi connectivity index (χ0n) is 16.8. The Labute approximate surface area is 170 Å². The number of anilines is 1. The molecule has 0 saturated heterocycles. The molecule has 0 aliphatic rings. The molecule has 2 rings (SSSR count). The van der Waals surface area contributed by atoms with Crippen molar-refractivity contribution in [1.82, 2.24) is 0 Å². The SMILES string of the molecule is COc1cc(C)ccc1OCC(=O)OC(C)C(=O)N(CCC#N)c1ccccc1. The number of aryl methyl sites for hydroxylation is 1. The van der Waals surface area contributed by atoms with Crippen LogP contribution in [0.15, 0.2) is 48.5 Å². The van der Waals surface area contributed by atoms with Crippen LogP contribution in [0.4, 0.5) is 5.69 Å². The largest absolute Gasteiger partial charge is 0.493 e. The molecule has 0 aliphatic carbocycles. The Morgan fingerprint density at radius 3 is 2.52 bits per heavy atom. The average molecular weight is 396 g/mol. The van der Waals surface area contributed by atoms with Gasteiger partial charge >= 0.3 is 5.97 Å². The Morgan fingerprint density at radius 1 is 1.14 bits per heavy atom. The monoisotopic (exact) mass is 396 g/mol. The van der Waals surface area contributed by atoms with Gasteiger partial charge in [0, 0.05) is 12.2 Å². The van der Waals surface area contributed by atoms with E-state index in [0.717, 1.165) is 5.56 Å². The minimum atomic E-state index is -1.02. The van der Waals surface area contributed by atoms with E-state index in [1.165, 1.54) is 18.9 Å². The molecule has 1 atom stereocenters. The van der Waals surface area contributed by atoms with Crippen LogP contribution >= 0.6 is 0 Å². The van der Waals surface area contributed by atoms with Gasteiger partial charge in [0.05, 0.1) is 19.6 Å². The van der Waals surface area contributed by atoms with Crippen LogP contribution in [-0.4, -0.2) is 38.2 Å². The molecular formula is C22H24N2O5. The van der Waals surface area contributed by atoms with Gasteiger partial charge in [0.2, 0.25) is 0 Å². The zero-order valence-corrected chi connectivity index (χ0v) is 16.8. The van der Waals surface area contributed by atoms with Crippen LogP contribution < -0.4 is 14.4 Å². The first kappa shape index (κ1) is 21.8. The molecule has 0 aromatic heterocycles. The molecule has 0 N–H and O–H groups in total. The van der Waals surface area contributed by atoms with E-state index in [-0.39, 0.29) is 19.6 Å². The molecule has 0 fully saturated rings. The summed E-state index contributed by atoms with van der Waals surface area (Å²) in [6.07, 6.45) is -0.859. The average Bonchev–Trinajstić information content (AvgIpc) is 2.73. The predicted molar refractivity (Wildman–Crippen MR) is 108 cm³/mol. The lowest BCUT2D eigenvalue weighted by atomic mass is 10.2. The van der Waals surface area contributed by atoms with Gasteiger partial charge in [-0.3, -0.25) is 4.79 Å². The maximum atomic E-state index is 12.8. The fourth-order valence-corrected chi connectivity index (χ4v) is 2.67. The van der Waals surface area contributed by atoms with Crippen molar-refractivity contribution in [2.24, 2.45) is 0 Å². The third kappa shape index (κ3) is 6.25. The van der Waals surface area contributed by atoms with E-state index in [9.17, 15) is 9.59 Å². The normalized spacial score (nSPS) is 11.1. The van der Waals surface area contributed by atoms with Gasteiger partial charge in [0.25, 0.3) is 5.91 Å². The minimum Gasteiger partial charge on any atom is -0.493 e. The Morgan fingerprint density at radius 2 is 1.86 bits per heavy atom. The molecule has 0 heterocycles. The van der Waals surface area contributed by atoms with Crippen LogP contribution in [0.1, 0.15) is 18.9 Å². The second kappa shape index (κ2) is 10.7. The smallest absolute Gasteiger partial charge is 0.344 e. The quantitative estimate of drug-likeness (QED) is 0.605. The number of amides is 1. The summed E-state index contributed by atoms with van der Waals surface area (Å²) in [6, 6.07) is 16.3. The molecule has 0 bridgehead atoms. The first-order valence-corrected chi connectivity index (χ1v) is 9.16. The van der Waals surface area contributed by atoms with Crippen molar-refractivity contribution < 1.29 is 23.8 Å². The van der Waals surface area contributed by atoms with Crippen molar-refractivity contribution in [2.75, 3.05) is 25.2 Å². The number of carbonyl (C=O) groups excluding carboxylic acids is 2. The summed E-state index contributed by atoms with van der Waals surface area (Å²) < 4.78 is 15.9. The van der Waals surface area contributed by atoms with Gasteiger partial charge in [-0.2, -0.15) is 5.26 Å². The number of nitriles is 1. The van der Waals surface area contributed by atoms with Gasteiger partial charge in [-0.05, 0) is 43.7 Å². The Balaban J connectivity index is 1.98. The van der Waals surface area contributed by atoms with Crippen LogP contribution in [0.2, 0.25) is 0 Å². The number of methoxy groups -OCH3 is 1. The standard InChI is InChI=1S/C22H24N2O5/c1-16-10-11-19(20(14-16)27-3)28-15-21(25)29-17(2)22(26)24(13-7-12-23)18-8-5-4-6-9-18/h4-6,8-11,14,17H,7,13,15H2,1-3H3. The third-order valence-electron chi connectivity index (χ3n) is 4.10. The number of carbonyl (C=O) groups is 2.